The van der Waals surface area contributed by atoms with E-state index in [0.29, 0.717) is 5.56 Å². The van der Waals surface area contributed by atoms with Gasteiger partial charge in [-0.1, -0.05) is 60.7 Å². The Kier molecular flexibility index (Phi) is 6.68. The van der Waals surface area contributed by atoms with E-state index >= 15 is 0 Å². The molecule has 1 atom stereocenters. The molecule has 2 amide bonds. The number of hydrogen-bond donors (Lipinski definition) is 3. The van der Waals surface area contributed by atoms with E-state index in [9.17, 15) is 19.5 Å². The summed E-state index contributed by atoms with van der Waals surface area (Å²) < 4.78 is 0. The van der Waals surface area contributed by atoms with Gasteiger partial charge in [0.15, 0.2) is 0 Å². The molecule has 0 aromatic heterocycles. The highest BCUT2D eigenvalue weighted by Crippen LogP contribution is 2.07. The van der Waals surface area contributed by atoms with Crippen molar-refractivity contribution in [2.24, 2.45) is 0 Å². The maximum Gasteiger partial charge on any atom is 0.326 e. The fourth-order valence-electron chi connectivity index (χ4n) is 2.35. The second kappa shape index (κ2) is 9.17. The van der Waals surface area contributed by atoms with Gasteiger partial charge in [0.2, 0.25) is 5.91 Å². The van der Waals surface area contributed by atoms with Crippen LogP contribution < -0.4 is 10.6 Å². The summed E-state index contributed by atoms with van der Waals surface area (Å²) >= 11 is 0. The van der Waals surface area contributed by atoms with Crippen LogP contribution in [0.4, 0.5) is 0 Å². The number of nitrogens with one attached hydrogen (secondary N) is 2. The van der Waals surface area contributed by atoms with Crippen molar-refractivity contribution in [2.75, 3.05) is 0 Å². The van der Waals surface area contributed by atoms with Gasteiger partial charge in [-0.25, -0.2) is 4.79 Å². The molecule has 0 fully saturated rings. The Morgan fingerprint density at radius 3 is 2.12 bits per heavy atom. The van der Waals surface area contributed by atoms with Crippen LogP contribution in [0.25, 0.3) is 6.08 Å². The molecule has 3 N–H and O–H groups in total. The standard InChI is InChI=1S/C20H20N2O4/c1-14(23)21-17(12-15-8-4-2-5-9-15)19(24)22-18(20(25)26)13-16-10-6-3-7-11-16/h2-12,18H,13H2,1H3,(H,21,23)(H,22,24)(H,25,26)/t18-/m0/s1. The topological polar surface area (TPSA) is 95.5 Å². The van der Waals surface area contributed by atoms with Gasteiger partial charge < -0.3 is 15.7 Å². The van der Waals surface area contributed by atoms with Crippen LogP contribution in [0.5, 0.6) is 0 Å². The fourth-order valence-corrected chi connectivity index (χ4v) is 2.35. The molecule has 6 heteroatoms. The average Bonchev–Trinajstić information content (AvgIpc) is 2.62. The minimum atomic E-state index is -1.15. The van der Waals surface area contributed by atoms with Gasteiger partial charge >= 0.3 is 5.97 Å². The second-order valence-corrected chi connectivity index (χ2v) is 5.70. The molecule has 0 aliphatic heterocycles. The molecule has 134 valence electrons. The molecule has 26 heavy (non-hydrogen) atoms. The maximum atomic E-state index is 12.5. The number of amides is 2. The molecule has 6 nitrogen and oxygen atoms in total. The van der Waals surface area contributed by atoms with E-state index in [-0.39, 0.29) is 12.1 Å². The van der Waals surface area contributed by atoms with Gasteiger partial charge in [0.25, 0.3) is 5.91 Å². The van der Waals surface area contributed by atoms with E-state index in [4.69, 9.17) is 0 Å². The van der Waals surface area contributed by atoms with E-state index < -0.39 is 23.8 Å². The third-order valence-electron chi connectivity index (χ3n) is 3.55. The summed E-state index contributed by atoms with van der Waals surface area (Å²) in [4.78, 5) is 35.5. The first kappa shape index (κ1) is 18.9. The van der Waals surface area contributed by atoms with Crippen LogP contribution in [-0.4, -0.2) is 28.9 Å². The van der Waals surface area contributed by atoms with Crippen LogP contribution in [-0.2, 0) is 20.8 Å². The van der Waals surface area contributed by atoms with Crippen LogP contribution in [0, 0.1) is 0 Å². The molecular weight excluding hydrogens is 332 g/mol. The van der Waals surface area contributed by atoms with Gasteiger partial charge in [-0.05, 0) is 17.2 Å². The van der Waals surface area contributed by atoms with Crippen molar-refractivity contribution in [1.29, 1.82) is 0 Å². The zero-order chi connectivity index (χ0) is 18.9. The molecule has 0 saturated carbocycles. The third kappa shape index (κ3) is 5.90. The van der Waals surface area contributed by atoms with Gasteiger partial charge in [-0.3, -0.25) is 9.59 Å². The van der Waals surface area contributed by atoms with E-state index in [1.54, 1.807) is 48.5 Å². The monoisotopic (exact) mass is 352 g/mol. The Morgan fingerprint density at radius 1 is 1.00 bits per heavy atom. The smallest absolute Gasteiger partial charge is 0.326 e. The summed E-state index contributed by atoms with van der Waals surface area (Å²) in [5, 5.41) is 14.3. The second-order valence-electron chi connectivity index (χ2n) is 5.70. The van der Waals surface area contributed by atoms with Gasteiger partial charge in [-0.2, -0.15) is 0 Å². The summed E-state index contributed by atoms with van der Waals surface area (Å²) in [5.41, 5.74) is 1.48. The lowest BCUT2D eigenvalue weighted by Gasteiger charge is -2.16. The molecule has 0 heterocycles. The molecule has 2 aromatic rings. The first-order chi connectivity index (χ1) is 12.5. The predicted molar refractivity (Wildman–Crippen MR) is 97.9 cm³/mol. The van der Waals surface area contributed by atoms with Crippen LogP contribution in [0.2, 0.25) is 0 Å². The van der Waals surface area contributed by atoms with Gasteiger partial charge in [-0.15, -0.1) is 0 Å². The Morgan fingerprint density at radius 2 is 1.58 bits per heavy atom. The molecular formula is C20H20N2O4. The largest absolute Gasteiger partial charge is 0.480 e. The van der Waals surface area contributed by atoms with Gasteiger partial charge in [0.05, 0.1) is 0 Å². The fraction of sp³-hybridized carbons (Fsp3) is 0.150. The number of carbonyl (C=O) groups is 3. The summed E-state index contributed by atoms with van der Waals surface area (Å²) in [6, 6.07) is 16.9. The lowest BCUT2D eigenvalue weighted by atomic mass is 10.1. The Bertz CT molecular complexity index is 801. The third-order valence-corrected chi connectivity index (χ3v) is 3.55. The van der Waals surface area contributed by atoms with Crippen molar-refractivity contribution >= 4 is 23.9 Å². The quantitative estimate of drug-likeness (QED) is 0.664. The molecule has 0 bridgehead atoms. The van der Waals surface area contributed by atoms with Crippen molar-refractivity contribution in [3.8, 4) is 0 Å². The number of rotatable bonds is 7. The van der Waals surface area contributed by atoms with Crippen molar-refractivity contribution < 1.29 is 19.5 Å². The molecule has 2 aromatic carbocycles. The van der Waals surface area contributed by atoms with Crippen LogP contribution in [0.3, 0.4) is 0 Å². The van der Waals surface area contributed by atoms with Gasteiger partial charge in [0.1, 0.15) is 11.7 Å². The van der Waals surface area contributed by atoms with E-state index in [1.165, 1.54) is 13.0 Å². The van der Waals surface area contributed by atoms with Crippen molar-refractivity contribution in [3.05, 3.63) is 77.5 Å². The number of aliphatic carboxylic acids is 1. The molecule has 0 aliphatic rings. The van der Waals surface area contributed by atoms with Crippen molar-refractivity contribution in [3.63, 3.8) is 0 Å². The highest BCUT2D eigenvalue weighted by Gasteiger charge is 2.22. The van der Waals surface area contributed by atoms with Gasteiger partial charge in [0, 0.05) is 13.3 Å². The van der Waals surface area contributed by atoms with Crippen LogP contribution >= 0.6 is 0 Å². The minimum Gasteiger partial charge on any atom is -0.480 e. The Labute approximate surface area is 151 Å². The maximum absolute atomic E-state index is 12.5. The Hall–Kier alpha value is -3.41. The van der Waals surface area contributed by atoms with E-state index in [1.807, 2.05) is 12.1 Å². The highest BCUT2D eigenvalue weighted by molar-refractivity contribution is 6.02. The average molecular weight is 352 g/mol. The number of benzene rings is 2. The number of carboxylic acids is 1. The first-order valence-corrected chi connectivity index (χ1v) is 8.07. The predicted octanol–water partition coefficient (Wildman–Crippen LogP) is 1.98. The molecule has 0 unspecified atom stereocenters. The van der Waals surface area contributed by atoms with Crippen LogP contribution in [0.15, 0.2) is 66.4 Å². The zero-order valence-electron chi connectivity index (χ0n) is 14.3. The van der Waals surface area contributed by atoms with Crippen molar-refractivity contribution in [2.45, 2.75) is 19.4 Å². The number of hydrogen-bond acceptors (Lipinski definition) is 3. The summed E-state index contributed by atoms with van der Waals surface area (Å²) in [6.07, 6.45) is 1.64. The van der Waals surface area contributed by atoms with E-state index in [2.05, 4.69) is 10.6 Å². The van der Waals surface area contributed by atoms with Crippen LogP contribution in [0.1, 0.15) is 18.1 Å². The summed E-state index contributed by atoms with van der Waals surface area (Å²) in [5.74, 6) is -2.23. The lowest BCUT2D eigenvalue weighted by Crippen LogP contribution is -2.45. The Balaban J connectivity index is 2.19. The SMILES string of the molecule is CC(=O)NC(=Cc1ccccc1)C(=O)N[C@@H](Cc1ccccc1)C(=O)O. The molecule has 0 spiro atoms. The lowest BCUT2D eigenvalue weighted by molar-refractivity contribution is -0.141. The van der Waals surface area contributed by atoms with E-state index in [0.717, 1.165) is 5.56 Å². The number of carboxylic acid groups (broad SMARTS) is 1. The molecule has 0 radical (unpaired) electrons. The minimum absolute atomic E-state index is 0.0111. The first-order valence-electron chi connectivity index (χ1n) is 8.07. The molecule has 0 saturated heterocycles. The molecule has 0 aliphatic carbocycles. The normalized spacial score (nSPS) is 12.1. The zero-order valence-corrected chi connectivity index (χ0v) is 14.3. The molecule has 2 rings (SSSR count). The van der Waals surface area contributed by atoms with Crippen molar-refractivity contribution in [1.82, 2.24) is 10.6 Å². The summed E-state index contributed by atoms with van der Waals surface area (Å²) in [6.45, 7) is 1.28. The number of carbonyl (C=O) groups excluding carboxylic acids is 2. The highest BCUT2D eigenvalue weighted by atomic mass is 16.4. The summed E-state index contributed by atoms with van der Waals surface area (Å²) in [7, 11) is 0.